The Morgan fingerprint density at radius 1 is 1.13 bits per heavy atom. The Morgan fingerprint density at radius 3 is 2.48 bits per heavy atom. The van der Waals surface area contributed by atoms with E-state index in [1.165, 1.54) is 11.3 Å². The Kier molecular flexibility index (Phi) is 4.24. The van der Waals surface area contributed by atoms with Crippen molar-refractivity contribution in [3.8, 4) is 5.75 Å². The van der Waals surface area contributed by atoms with Crippen molar-refractivity contribution < 1.29 is 9.53 Å². The molecule has 1 aliphatic heterocycles. The van der Waals surface area contributed by atoms with Crippen LogP contribution in [0.15, 0.2) is 48.5 Å². The molecule has 1 saturated heterocycles. The molecule has 120 valence electrons. The number of para-hydroxylation sites is 2. The average molecular weight is 310 g/mol. The number of nitrogens with zero attached hydrogens (tertiary/aromatic N) is 2. The summed E-state index contributed by atoms with van der Waals surface area (Å²) < 4.78 is 5.29. The zero-order valence-electron chi connectivity index (χ0n) is 13.8. The summed E-state index contributed by atoms with van der Waals surface area (Å²) in [5.41, 5.74) is 3.11. The highest BCUT2D eigenvalue weighted by Crippen LogP contribution is 2.27. The van der Waals surface area contributed by atoms with Gasteiger partial charge in [-0.2, -0.15) is 0 Å². The number of ether oxygens (including phenoxy) is 1. The number of benzene rings is 2. The average Bonchev–Trinajstić information content (AvgIpc) is 2.53. The molecule has 1 heterocycles. The molecule has 0 radical (unpaired) electrons. The number of amides is 1. The van der Waals surface area contributed by atoms with E-state index in [2.05, 4.69) is 37.1 Å². The summed E-state index contributed by atoms with van der Waals surface area (Å²) in [5, 5.41) is 0. The van der Waals surface area contributed by atoms with Gasteiger partial charge in [-0.05, 0) is 30.7 Å². The summed E-state index contributed by atoms with van der Waals surface area (Å²) in [6.45, 7) is 3.59. The molecule has 1 amide bonds. The fraction of sp³-hybridized carbons (Fsp3) is 0.316. The summed E-state index contributed by atoms with van der Waals surface area (Å²) in [5.74, 6) is 0.671. The van der Waals surface area contributed by atoms with Gasteiger partial charge in [0.15, 0.2) is 0 Å². The molecule has 0 unspecified atom stereocenters. The van der Waals surface area contributed by atoms with E-state index in [0.29, 0.717) is 17.4 Å². The van der Waals surface area contributed by atoms with Gasteiger partial charge in [-0.25, -0.2) is 0 Å². The Hall–Kier alpha value is -2.49. The van der Waals surface area contributed by atoms with Crippen molar-refractivity contribution in [3.63, 3.8) is 0 Å². The highest BCUT2D eigenvalue weighted by atomic mass is 16.5. The summed E-state index contributed by atoms with van der Waals surface area (Å²) >= 11 is 0. The third-order valence-corrected chi connectivity index (χ3v) is 4.53. The van der Waals surface area contributed by atoms with Crippen molar-refractivity contribution in [2.45, 2.75) is 13.0 Å². The minimum atomic E-state index is 0.0388. The molecular weight excluding hydrogens is 288 g/mol. The summed E-state index contributed by atoms with van der Waals surface area (Å²) in [4.78, 5) is 16.7. The Morgan fingerprint density at radius 2 is 1.78 bits per heavy atom. The molecule has 0 saturated carbocycles. The fourth-order valence-corrected chi connectivity index (χ4v) is 3.01. The van der Waals surface area contributed by atoms with Crippen LogP contribution in [0.25, 0.3) is 0 Å². The molecular formula is C19H22N2O2. The molecule has 0 N–H and O–H groups in total. The van der Waals surface area contributed by atoms with Crippen LogP contribution in [0.5, 0.6) is 5.75 Å². The summed E-state index contributed by atoms with van der Waals surface area (Å²) in [6.07, 6.45) is 0. The highest BCUT2D eigenvalue weighted by Gasteiger charge is 2.35. The van der Waals surface area contributed by atoms with Crippen LogP contribution in [-0.4, -0.2) is 44.1 Å². The second-order valence-corrected chi connectivity index (χ2v) is 5.96. The predicted molar refractivity (Wildman–Crippen MR) is 92.3 cm³/mol. The lowest BCUT2D eigenvalue weighted by Gasteiger charge is -2.45. The van der Waals surface area contributed by atoms with E-state index in [0.717, 1.165) is 13.1 Å². The first-order valence-electron chi connectivity index (χ1n) is 7.82. The molecule has 3 rings (SSSR count). The number of aryl methyl sites for hydroxylation is 1. The maximum absolute atomic E-state index is 12.6. The predicted octanol–water partition coefficient (Wildman–Crippen LogP) is 2.96. The normalized spacial score (nSPS) is 14.3. The van der Waals surface area contributed by atoms with Gasteiger partial charge in [0.05, 0.1) is 18.7 Å². The van der Waals surface area contributed by atoms with E-state index < -0.39 is 0 Å². The van der Waals surface area contributed by atoms with Crippen molar-refractivity contribution in [1.82, 2.24) is 4.90 Å². The fourth-order valence-electron chi connectivity index (χ4n) is 3.01. The second kappa shape index (κ2) is 6.32. The maximum atomic E-state index is 12.6. The van der Waals surface area contributed by atoms with Crippen LogP contribution in [0, 0.1) is 6.92 Å². The molecule has 0 spiro atoms. The SMILES string of the molecule is COc1ccccc1C(=O)N1CC(N(C)c2ccccc2C)C1. The second-order valence-electron chi connectivity index (χ2n) is 5.96. The molecule has 2 aromatic rings. The number of likely N-dealkylation sites (N-methyl/N-ethyl adjacent to an activating group) is 1. The summed E-state index contributed by atoms with van der Waals surface area (Å²) in [6, 6.07) is 16.1. The lowest BCUT2D eigenvalue weighted by molar-refractivity contribution is 0.0600. The van der Waals surface area contributed by atoms with Gasteiger partial charge in [-0.15, -0.1) is 0 Å². The number of likely N-dealkylation sites (tertiary alicyclic amines) is 1. The number of carbonyl (C=O) groups excluding carboxylic acids is 1. The van der Waals surface area contributed by atoms with Crippen LogP contribution < -0.4 is 9.64 Å². The molecule has 23 heavy (non-hydrogen) atoms. The molecule has 0 bridgehead atoms. The Balaban J connectivity index is 1.67. The maximum Gasteiger partial charge on any atom is 0.257 e. The van der Waals surface area contributed by atoms with Gasteiger partial charge in [0.25, 0.3) is 5.91 Å². The van der Waals surface area contributed by atoms with Gasteiger partial charge in [0.1, 0.15) is 5.75 Å². The van der Waals surface area contributed by atoms with Gasteiger partial charge in [-0.1, -0.05) is 30.3 Å². The molecule has 0 aromatic heterocycles. The van der Waals surface area contributed by atoms with Crippen LogP contribution in [0.4, 0.5) is 5.69 Å². The van der Waals surface area contributed by atoms with Crippen molar-refractivity contribution >= 4 is 11.6 Å². The van der Waals surface area contributed by atoms with Gasteiger partial charge < -0.3 is 14.5 Å². The largest absolute Gasteiger partial charge is 0.496 e. The van der Waals surface area contributed by atoms with Crippen molar-refractivity contribution in [2.75, 3.05) is 32.1 Å². The van der Waals surface area contributed by atoms with Gasteiger partial charge >= 0.3 is 0 Å². The van der Waals surface area contributed by atoms with Crippen LogP contribution >= 0.6 is 0 Å². The van der Waals surface area contributed by atoms with Gasteiger partial charge in [-0.3, -0.25) is 4.79 Å². The quantitative estimate of drug-likeness (QED) is 0.870. The van der Waals surface area contributed by atoms with Crippen LogP contribution in [0.1, 0.15) is 15.9 Å². The van der Waals surface area contributed by atoms with E-state index in [-0.39, 0.29) is 5.91 Å². The topological polar surface area (TPSA) is 32.8 Å². The number of hydrogen-bond donors (Lipinski definition) is 0. The van der Waals surface area contributed by atoms with Crippen molar-refractivity contribution in [2.24, 2.45) is 0 Å². The summed E-state index contributed by atoms with van der Waals surface area (Å²) in [7, 11) is 3.69. The molecule has 4 heteroatoms. The molecule has 0 aliphatic carbocycles. The van der Waals surface area contributed by atoms with Gasteiger partial charge in [0, 0.05) is 25.8 Å². The molecule has 0 atom stereocenters. The van der Waals surface area contributed by atoms with Crippen LogP contribution in [0.2, 0.25) is 0 Å². The molecule has 1 aliphatic rings. The number of anilines is 1. The lowest BCUT2D eigenvalue weighted by Crippen LogP contribution is -2.60. The molecule has 1 fully saturated rings. The first-order valence-corrected chi connectivity index (χ1v) is 7.82. The van der Waals surface area contributed by atoms with E-state index in [4.69, 9.17) is 4.74 Å². The number of rotatable bonds is 4. The lowest BCUT2D eigenvalue weighted by atomic mass is 10.0. The zero-order valence-corrected chi connectivity index (χ0v) is 13.8. The zero-order chi connectivity index (χ0) is 16.4. The minimum Gasteiger partial charge on any atom is -0.496 e. The van der Waals surface area contributed by atoms with E-state index in [9.17, 15) is 4.79 Å². The van der Waals surface area contributed by atoms with Crippen molar-refractivity contribution in [3.05, 3.63) is 59.7 Å². The van der Waals surface area contributed by atoms with Crippen LogP contribution in [0.3, 0.4) is 0 Å². The Bertz CT molecular complexity index is 708. The highest BCUT2D eigenvalue weighted by molar-refractivity contribution is 5.97. The van der Waals surface area contributed by atoms with E-state index >= 15 is 0 Å². The standard InChI is InChI=1S/C19H22N2O2/c1-14-8-4-6-10-17(14)20(2)15-12-21(13-15)19(22)16-9-5-7-11-18(16)23-3/h4-11,15H,12-13H2,1-3H3. The minimum absolute atomic E-state index is 0.0388. The monoisotopic (exact) mass is 310 g/mol. The number of hydrogen-bond acceptors (Lipinski definition) is 3. The number of methoxy groups -OCH3 is 1. The third kappa shape index (κ3) is 2.89. The van der Waals surface area contributed by atoms with E-state index in [1.54, 1.807) is 7.11 Å². The van der Waals surface area contributed by atoms with E-state index in [1.807, 2.05) is 35.2 Å². The van der Waals surface area contributed by atoms with Crippen molar-refractivity contribution in [1.29, 1.82) is 0 Å². The molecule has 4 nitrogen and oxygen atoms in total. The number of carbonyl (C=O) groups is 1. The third-order valence-electron chi connectivity index (χ3n) is 4.53. The van der Waals surface area contributed by atoms with Crippen LogP contribution in [-0.2, 0) is 0 Å². The first-order chi connectivity index (χ1) is 11.1. The smallest absolute Gasteiger partial charge is 0.257 e. The Labute approximate surface area is 137 Å². The first kappa shape index (κ1) is 15.4. The van der Waals surface area contributed by atoms with Gasteiger partial charge in [0.2, 0.25) is 0 Å². The molecule has 2 aromatic carbocycles.